The Morgan fingerprint density at radius 1 is 0.912 bits per heavy atom. The highest BCUT2D eigenvalue weighted by Crippen LogP contribution is 2.35. The molecule has 3 nitrogen and oxygen atoms in total. The van der Waals surface area contributed by atoms with Crippen molar-refractivity contribution >= 4 is 5.97 Å². The van der Waals surface area contributed by atoms with Crippen LogP contribution in [0.25, 0.3) is 22.3 Å². The van der Waals surface area contributed by atoms with Gasteiger partial charge < -0.3 is 9.84 Å². The largest absolute Gasteiger partial charge is 0.423 e. The molecule has 0 aromatic heterocycles. The highest BCUT2D eigenvalue weighted by Gasteiger charge is 2.16. The fourth-order valence-corrected chi connectivity index (χ4v) is 4.87. The van der Waals surface area contributed by atoms with Gasteiger partial charge in [-0.05, 0) is 71.6 Å². The Bertz CT molecular complexity index is 1170. The summed E-state index contributed by atoms with van der Waals surface area (Å²) in [7, 11) is 0. The van der Waals surface area contributed by atoms with E-state index in [1.54, 1.807) is 6.92 Å². The van der Waals surface area contributed by atoms with E-state index in [-0.39, 0.29) is 6.61 Å². The van der Waals surface area contributed by atoms with Crippen molar-refractivity contribution in [1.29, 1.82) is 0 Å². The molecule has 0 amide bonds. The predicted molar refractivity (Wildman–Crippen MR) is 139 cm³/mol. The number of aliphatic hydroxyl groups is 1. The molecule has 1 N–H and O–H groups in total. The summed E-state index contributed by atoms with van der Waals surface area (Å²) in [4.78, 5) is 12.1. The monoisotopic (exact) mass is 454 g/mol. The quantitative estimate of drug-likeness (QED) is 0.227. The maximum Gasteiger partial charge on any atom is 0.338 e. The molecule has 0 aliphatic heterocycles. The van der Waals surface area contributed by atoms with Crippen molar-refractivity contribution in [2.45, 2.75) is 64.9 Å². The van der Waals surface area contributed by atoms with Gasteiger partial charge in [0, 0.05) is 11.1 Å². The van der Waals surface area contributed by atoms with Crippen LogP contribution in [0.3, 0.4) is 0 Å². The molecular weight excluding hydrogens is 420 g/mol. The number of carbonyl (C=O) groups excluding carboxylic acids is 1. The molecule has 4 rings (SSSR count). The maximum absolute atomic E-state index is 12.1. The lowest BCUT2D eigenvalue weighted by Crippen LogP contribution is -2.10. The fourth-order valence-electron chi connectivity index (χ4n) is 4.87. The third-order valence-corrected chi connectivity index (χ3v) is 6.91. The van der Waals surface area contributed by atoms with Crippen LogP contribution in [0.1, 0.15) is 68.6 Å². The smallest absolute Gasteiger partial charge is 0.338 e. The summed E-state index contributed by atoms with van der Waals surface area (Å²) in [6, 6.07) is 21.3. The zero-order valence-electron chi connectivity index (χ0n) is 20.3. The molecule has 0 bridgehead atoms. The topological polar surface area (TPSA) is 46.5 Å². The number of ether oxygens (including phenoxy) is 1. The van der Waals surface area contributed by atoms with Crippen LogP contribution in [-0.4, -0.2) is 11.1 Å². The summed E-state index contributed by atoms with van der Waals surface area (Å²) in [5, 5.41) is 9.68. The summed E-state index contributed by atoms with van der Waals surface area (Å²) in [5.41, 5.74) is 8.08. The molecule has 176 valence electrons. The molecule has 0 radical (unpaired) electrons. The van der Waals surface area contributed by atoms with E-state index in [0.717, 1.165) is 17.5 Å². The zero-order valence-corrected chi connectivity index (χ0v) is 20.3. The number of aliphatic hydroxyl groups excluding tert-OH is 1. The fraction of sp³-hybridized carbons (Fsp3) is 0.323. The molecule has 1 saturated carbocycles. The standard InChI is InChI=1S/C31H34O3/c1-4-22-18-26(25-12-10-24(11-13-25)23-8-6-5-7-9-23)16-17-29(22)27-14-15-28(20-32)30(19-27)34-31(33)21(2)3/h10-19,23,32H,2,4-9,20H2,1,3H3. The minimum atomic E-state index is -0.491. The van der Waals surface area contributed by atoms with E-state index in [9.17, 15) is 9.90 Å². The van der Waals surface area contributed by atoms with Crippen molar-refractivity contribution in [3.63, 3.8) is 0 Å². The second-order valence-electron chi connectivity index (χ2n) is 9.33. The molecule has 3 heteroatoms. The van der Waals surface area contributed by atoms with Gasteiger partial charge in [0.05, 0.1) is 6.61 Å². The highest BCUT2D eigenvalue weighted by molar-refractivity contribution is 5.89. The van der Waals surface area contributed by atoms with Crippen LogP contribution in [0, 0.1) is 0 Å². The Morgan fingerprint density at radius 3 is 2.24 bits per heavy atom. The Morgan fingerprint density at radius 2 is 1.59 bits per heavy atom. The third-order valence-electron chi connectivity index (χ3n) is 6.91. The Hall–Kier alpha value is -3.17. The molecule has 1 fully saturated rings. The highest BCUT2D eigenvalue weighted by atomic mass is 16.5. The Balaban J connectivity index is 1.62. The Labute approximate surface area is 203 Å². The summed E-state index contributed by atoms with van der Waals surface area (Å²) < 4.78 is 5.49. The molecule has 3 aromatic rings. The maximum atomic E-state index is 12.1. The van der Waals surface area contributed by atoms with Crippen molar-refractivity contribution in [2.75, 3.05) is 0 Å². The van der Waals surface area contributed by atoms with Gasteiger partial charge in [-0.25, -0.2) is 4.79 Å². The average Bonchev–Trinajstić information content (AvgIpc) is 2.88. The molecule has 0 atom stereocenters. The molecule has 1 aliphatic carbocycles. The number of aryl methyl sites for hydroxylation is 1. The normalized spacial score (nSPS) is 14.1. The van der Waals surface area contributed by atoms with Gasteiger partial charge in [-0.1, -0.05) is 87.4 Å². The van der Waals surface area contributed by atoms with Gasteiger partial charge in [0.25, 0.3) is 0 Å². The second kappa shape index (κ2) is 10.8. The zero-order chi connectivity index (χ0) is 24.1. The molecule has 3 aromatic carbocycles. The van der Waals surface area contributed by atoms with Gasteiger partial charge in [0.2, 0.25) is 0 Å². The van der Waals surface area contributed by atoms with Gasteiger partial charge in [-0.3, -0.25) is 0 Å². The minimum absolute atomic E-state index is 0.199. The number of benzene rings is 3. The molecule has 0 spiro atoms. The van der Waals surface area contributed by atoms with Crippen LogP contribution in [0.4, 0.5) is 0 Å². The van der Waals surface area contributed by atoms with E-state index in [1.807, 2.05) is 18.2 Å². The van der Waals surface area contributed by atoms with Gasteiger partial charge in [0.15, 0.2) is 0 Å². The first kappa shape index (κ1) is 24.0. The number of hydrogen-bond acceptors (Lipinski definition) is 3. The summed E-state index contributed by atoms with van der Waals surface area (Å²) in [5.74, 6) is 0.596. The predicted octanol–water partition coefficient (Wildman–Crippen LogP) is 7.60. The van der Waals surface area contributed by atoms with Crippen molar-refractivity contribution in [3.8, 4) is 28.0 Å². The van der Waals surface area contributed by atoms with Gasteiger partial charge in [0.1, 0.15) is 5.75 Å². The van der Waals surface area contributed by atoms with Crippen LogP contribution < -0.4 is 4.74 Å². The van der Waals surface area contributed by atoms with E-state index < -0.39 is 5.97 Å². The van der Waals surface area contributed by atoms with Gasteiger partial charge in [-0.2, -0.15) is 0 Å². The van der Waals surface area contributed by atoms with Crippen LogP contribution >= 0.6 is 0 Å². The molecule has 34 heavy (non-hydrogen) atoms. The number of carbonyl (C=O) groups is 1. The number of esters is 1. The first-order valence-corrected chi connectivity index (χ1v) is 12.3. The molecule has 0 heterocycles. The molecular formula is C31H34O3. The molecule has 1 aliphatic rings. The van der Waals surface area contributed by atoms with Gasteiger partial charge >= 0.3 is 5.97 Å². The van der Waals surface area contributed by atoms with Gasteiger partial charge in [-0.15, -0.1) is 0 Å². The van der Waals surface area contributed by atoms with Crippen molar-refractivity contribution < 1.29 is 14.6 Å². The second-order valence-corrected chi connectivity index (χ2v) is 9.33. The van der Waals surface area contributed by atoms with E-state index in [2.05, 4.69) is 56.0 Å². The average molecular weight is 455 g/mol. The first-order valence-electron chi connectivity index (χ1n) is 12.3. The minimum Gasteiger partial charge on any atom is -0.423 e. The lowest BCUT2D eigenvalue weighted by atomic mass is 9.83. The lowest BCUT2D eigenvalue weighted by Gasteiger charge is -2.22. The Kier molecular flexibility index (Phi) is 7.64. The third kappa shape index (κ3) is 5.31. The van der Waals surface area contributed by atoms with Crippen molar-refractivity contribution in [3.05, 3.63) is 89.5 Å². The summed E-state index contributed by atoms with van der Waals surface area (Å²) in [6.45, 7) is 7.21. The van der Waals surface area contributed by atoms with Crippen LogP contribution in [0.2, 0.25) is 0 Å². The van der Waals surface area contributed by atoms with Crippen molar-refractivity contribution in [1.82, 2.24) is 0 Å². The van der Waals surface area contributed by atoms with E-state index >= 15 is 0 Å². The van der Waals surface area contributed by atoms with E-state index in [1.165, 1.54) is 54.4 Å². The van der Waals surface area contributed by atoms with E-state index in [4.69, 9.17) is 4.74 Å². The van der Waals surface area contributed by atoms with E-state index in [0.29, 0.717) is 22.8 Å². The van der Waals surface area contributed by atoms with Crippen LogP contribution in [-0.2, 0) is 17.8 Å². The molecule has 0 unspecified atom stereocenters. The first-order chi connectivity index (χ1) is 16.5. The lowest BCUT2D eigenvalue weighted by molar-refractivity contribution is -0.130. The van der Waals surface area contributed by atoms with Crippen molar-refractivity contribution in [2.24, 2.45) is 0 Å². The SMILES string of the molecule is C=C(C)C(=O)Oc1cc(-c2ccc(-c3ccc(C4CCCCC4)cc3)cc2CC)ccc1CO. The summed E-state index contributed by atoms with van der Waals surface area (Å²) >= 11 is 0. The number of hydrogen-bond donors (Lipinski definition) is 1. The number of rotatable bonds is 7. The summed E-state index contributed by atoms with van der Waals surface area (Å²) in [6.07, 6.45) is 7.58. The van der Waals surface area contributed by atoms with Crippen LogP contribution in [0.15, 0.2) is 72.8 Å². The molecule has 0 saturated heterocycles. The van der Waals surface area contributed by atoms with Crippen LogP contribution in [0.5, 0.6) is 5.75 Å².